The van der Waals surface area contributed by atoms with Gasteiger partial charge >= 0.3 is 0 Å². The Morgan fingerprint density at radius 3 is 2.20 bits per heavy atom. The van der Waals surface area contributed by atoms with E-state index in [4.69, 9.17) is 9.40 Å². The first-order valence-electron chi connectivity index (χ1n) is 18.2. The molecule has 0 spiro atoms. The van der Waals surface area contributed by atoms with Gasteiger partial charge in [-0.1, -0.05) is 128 Å². The average molecular weight is 881 g/mol. The first kappa shape index (κ1) is 40.6. The molecule has 4 aromatic rings. The summed E-state index contributed by atoms with van der Waals surface area (Å²) in [5.41, 5.74) is 4.53. The van der Waals surface area contributed by atoms with Gasteiger partial charge in [-0.05, 0) is 49.7 Å². The average Bonchev–Trinajstić information content (AvgIpc) is 3.72. The van der Waals surface area contributed by atoms with Crippen LogP contribution >= 0.6 is 11.8 Å². The van der Waals surface area contributed by atoms with Crippen molar-refractivity contribution in [2.75, 3.05) is 0 Å². The van der Waals surface area contributed by atoms with Crippen molar-refractivity contribution in [3.63, 3.8) is 0 Å². The Labute approximate surface area is 323 Å². The zero-order chi connectivity index (χ0) is 36.4. The van der Waals surface area contributed by atoms with Gasteiger partial charge in [0.25, 0.3) is 0 Å². The number of hydrogen-bond donors (Lipinski definition) is 1. The fraction of sp³-hybridized carbons (Fsp3) is 0.422. The third-order valence-electron chi connectivity index (χ3n) is 11.1. The minimum absolute atomic E-state index is 0. The summed E-state index contributed by atoms with van der Waals surface area (Å²) in [5, 5.41) is 14.0. The maximum absolute atomic E-state index is 12.2. The molecule has 6 heteroatoms. The molecule has 1 radical (unpaired) electrons. The van der Waals surface area contributed by atoms with E-state index < -0.39 is 0 Å². The second-order valence-corrected chi connectivity index (χ2v) is 16.6. The van der Waals surface area contributed by atoms with Gasteiger partial charge in [-0.25, -0.2) is 0 Å². The number of aryl methyl sites for hydroxylation is 1. The Kier molecular flexibility index (Phi) is 12.9. The normalized spacial score (nSPS) is 17.5. The second kappa shape index (κ2) is 16.2. The Balaban J connectivity index is 0.000000279. The Hall–Kier alpha value is -3.18. The molecule has 6 rings (SSSR count). The van der Waals surface area contributed by atoms with Crippen LogP contribution in [-0.2, 0) is 30.3 Å². The van der Waals surface area contributed by atoms with Gasteiger partial charge in [0, 0.05) is 64.2 Å². The predicted octanol–water partition coefficient (Wildman–Crippen LogP) is 12.9. The number of thioether (sulfide) groups is 1. The minimum Gasteiger partial charge on any atom is -0.512 e. The third-order valence-corrected chi connectivity index (χ3v) is 12.4. The SMILES string of the molecule is CCC(C)(CC)C(=O)/C=C(\O)C(C)(CC)CC.Cc1cc2c(C3=CC4C=CC=CC4S3)cc(-c3[c-]c4ccccc4c(C(C)(C)C)c3)nc2o1.[Ir]. The summed E-state index contributed by atoms with van der Waals surface area (Å²) in [4.78, 5) is 18.4. The number of pyridine rings is 1. The molecule has 2 aliphatic rings. The van der Waals surface area contributed by atoms with Crippen molar-refractivity contribution < 1.29 is 34.4 Å². The molecule has 51 heavy (non-hydrogen) atoms. The van der Waals surface area contributed by atoms with Crippen LogP contribution in [-0.4, -0.2) is 21.1 Å². The zero-order valence-electron chi connectivity index (χ0n) is 31.9. The van der Waals surface area contributed by atoms with E-state index in [9.17, 15) is 9.90 Å². The summed E-state index contributed by atoms with van der Waals surface area (Å²) in [6.45, 7) is 20.9. The summed E-state index contributed by atoms with van der Waals surface area (Å²) in [6, 6.07) is 18.8. The number of carbonyl (C=O) groups excluding carboxylic acids is 1. The van der Waals surface area contributed by atoms with E-state index in [1.54, 1.807) is 0 Å². The molecular weight excluding hydrogens is 827 g/mol. The van der Waals surface area contributed by atoms with Gasteiger partial charge in [-0.2, -0.15) is 0 Å². The van der Waals surface area contributed by atoms with Crippen LogP contribution in [0.4, 0.5) is 0 Å². The van der Waals surface area contributed by atoms with Crippen LogP contribution in [0.15, 0.2) is 89.1 Å². The van der Waals surface area contributed by atoms with Crippen molar-refractivity contribution in [2.45, 2.75) is 106 Å². The largest absolute Gasteiger partial charge is 0.512 e. The molecule has 3 heterocycles. The van der Waals surface area contributed by atoms with Gasteiger partial charge in [0.2, 0.25) is 5.71 Å². The van der Waals surface area contributed by atoms with Crippen molar-refractivity contribution in [2.24, 2.45) is 16.7 Å². The van der Waals surface area contributed by atoms with E-state index in [1.165, 1.54) is 27.5 Å². The number of furan rings is 1. The molecule has 273 valence electrons. The summed E-state index contributed by atoms with van der Waals surface area (Å²) >= 11 is 1.93. The van der Waals surface area contributed by atoms with Crippen LogP contribution in [0.2, 0.25) is 0 Å². The number of aliphatic hydroxyl groups excluding tert-OH is 1. The molecule has 2 unspecified atom stereocenters. The Bertz CT molecular complexity index is 2000. The number of fused-ring (bicyclic) bond motifs is 3. The smallest absolute Gasteiger partial charge is 0.219 e. The number of hydrogen-bond acceptors (Lipinski definition) is 5. The maximum atomic E-state index is 12.2. The van der Waals surface area contributed by atoms with Crippen molar-refractivity contribution in [1.82, 2.24) is 4.98 Å². The number of allylic oxidation sites excluding steroid dienone is 6. The van der Waals surface area contributed by atoms with E-state index in [-0.39, 0.29) is 47.9 Å². The number of aliphatic hydroxyl groups is 1. The Morgan fingerprint density at radius 1 is 0.922 bits per heavy atom. The van der Waals surface area contributed by atoms with Crippen LogP contribution in [0.1, 0.15) is 105 Å². The van der Waals surface area contributed by atoms with Gasteiger partial charge in [0.15, 0.2) is 5.78 Å². The number of rotatable bonds is 9. The fourth-order valence-corrected chi connectivity index (χ4v) is 7.85. The van der Waals surface area contributed by atoms with Crippen LogP contribution in [0.25, 0.3) is 38.0 Å². The van der Waals surface area contributed by atoms with Crippen LogP contribution in [0, 0.1) is 29.7 Å². The molecule has 2 aromatic heterocycles. The monoisotopic (exact) mass is 881 g/mol. The summed E-state index contributed by atoms with van der Waals surface area (Å²) < 4.78 is 6.04. The minimum atomic E-state index is -0.337. The number of carbonyl (C=O) groups is 1. The topological polar surface area (TPSA) is 63.3 Å². The van der Waals surface area contributed by atoms with E-state index in [2.05, 4.69) is 99.7 Å². The van der Waals surface area contributed by atoms with E-state index in [0.29, 0.717) is 16.9 Å². The van der Waals surface area contributed by atoms with Crippen LogP contribution < -0.4 is 0 Å². The number of aromatic nitrogens is 1. The molecule has 2 aromatic carbocycles. The number of ketones is 1. The molecule has 0 saturated carbocycles. The van der Waals surface area contributed by atoms with Gasteiger partial charge < -0.3 is 9.52 Å². The fourth-order valence-electron chi connectivity index (χ4n) is 6.53. The molecule has 0 fully saturated rings. The van der Waals surface area contributed by atoms with Gasteiger partial charge in [0.05, 0.1) is 0 Å². The van der Waals surface area contributed by atoms with Crippen molar-refractivity contribution >= 4 is 44.3 Å². The van der Waals surface area contributed by atoms with Gasteiger partial charge in [0.1, 0.15) is 11.5 Å². The molecule has 0 saturated heterocycles. The predicted molar refractivity (Wildman–Crippen MR) is 213 cm³/mol. The van der Waals surface area contributed by atoms with Crippen molar-refractivity contribution in [3.05, 3.63) is 108 Å². The quantitative estimate of drug-likeness (QED) is 0.103. The maximum Gasteiger partial charge on any atom is 0.219 e. The van der Waals surface area contributed by atoms with Crippen molar-refractivity contribution in [1.29, 1.82) is 0 Å². The van der Waals surface area contributed by atoms with Gasteiger partial charge in [-0.15, -0.1) is 40.9 Å². The molecule has 1 aliphatic carbocycles. The zero-order valence-corrected chi connectivity index (χ0v) is 35.2. The standard InChI is InChI=1S/C30H26NOS.C15H28O2.Ir/c1-18-13-24-23(28-16-20-10-6-8-12-27(20)33-28)17-26(31-29(24)32-18)21-14-19-9-5-7-11-22(19)25(15-21)30(2,3)4;1-7-14(5,8-2)12(16)11-13(17)15(6,9-3)10-4;/h5-13,15-17,20,27H,1-4H3;11,16H,7-10H2,1-6H3;/q-1;;/b;12-11-;. The van der Waals surface area contributed by atoms with Crippen molar-refractivity contribution in [3.8, 4) is 11.3 Å². The first-order chi connectivity index (χ1) is 23.7. The first-order valence-corrected chi connectivity index (χ1v) is 19.1. The van der Waals surface area contributed by atoms with Gasteiger partial charge in [-0.3, -0.25) is 9.78 Å². The van der Waals surface area contributed by atoms with Crippen LogP contribution in [0.5, 0.6) is 0 Å². The molecule has 1 aliphatic heterocycles. The summed E-state index contributed by atoms with van der Waals surface area (Å²) in [6.07, 6.45) is 16.0. The molecule has 0 amide bonds. The number of benzene rings is 2. The van der Waals surface area contributed by atoms with E-state index in [0.717, 1.165) is 53.5 Å². The second-order valence-electron chi connectivity index (χ2n) is 15.4. The van der Waals surface area contributed by atoms with E-state index in [1.807, 2.05) is 60.2 Å². The number of nitrogens with zero attached hydrogens (tertiary/aromatic N) is 1. The van der Waals surface area contributed by atoms with E-state index >= 15 is 0 Å². The van der Waals surface area contributed by atoms with Crippen LogP contribution in [0.3, 0.4) is 0 Å². The summed E-state index contributed by atoms with van der Waals surface area (Å²) in [5.74, 6) is 1.61. The Morgan fingerprint density at radius 2 is 1.57 bits per heavy atom. The summed E-state index contributed by atoms with van der Waals surface area (Å²) in [7, 11) is 0. The third kappa shape index (κ3) is 8.56. The molecule has 0 bridgehead atoms. The molecule has 4 nitrogen and oxygen atoms in total. The molecular formula is C45H54IrNO3S-. The molecule has 2 atom stereocenters. The molecule has 1 N–H and O–H groups in total.